The van der Waals surface area contributed by atoms with Gasteiger partial charge in [-0.1, -0.05) is 74.5 Å². The molecular formula is C35H30N2O. The second-order valence-electron chi connectivity index (χ2n) is 10.2. The molecule has 1 unspecified atom stereocenters. The first-order valence-electron chi connectivity index (χ1n) is 13.6. The topological polar surface area (TPSA) is 31.0 Å². The number of allylic oxidation sites excluding steroid dienone is 1. The van der Waals surface area contributed by atoms with Crippen LogP contribution >= 0.6 is 0 Å². The summed E-state index contributed by atoms with van der Waals surface area (Å²) in [6.45, 7) is 4.49. The molecule has 6 aromatic rings. The molecule has 1 aliphatic carbocycles. The minimum atomic E-state index is 0.584. The first-order chi connectivity index (χ1) is 18.7. The summed E-state index contributed by atoms with van der Waals surface area (Å²) in [5, 5.41) is 1.27. The molecule has 0 saturated carbocycles. The van der Waals surface area contributed by atoms with Crippen LogP contribution in [0.2, 0.25) is 0 Å². The van der Waals surface area contributed by atoms with Crippen molar-refractivity contribution in [2.75, 3.05) is 0 Å². The Bertz CT molecular complexity index is 1800. The molecule has 3 heteroatoms. The molecule has 7 rings (SSSR count). The molecule has 2 heterocycles. The number of furan rings is 1. The lowest BCUT2D eigenvalue weighted by atomic mass is 9.89. The normalized spacial score (nSPS) is 14.8. The molecule has 0 N–H and O–H groups in total. The van der Waals surface area contributed by atoms with E-state index in [0.717, 1.165) is 58.7 Å². The standard InChI is InChI=1S/C35H30N2O/c1-3-23-14-19-33-29(20-23)30-22-24(4-2)21-28(34(30)38-33)25-15-17-26(18-16-25)35-36-31-12-8-9-13-32(31)37(35)27-10-6-5-7-11-27/h5-19,21-23H,3-4,20H2,1-2H3. The van der Waals surface area contributed by atoms with Crippen LogP contribution in [0.4, 0.5) is 0 Å². The van der Waals surface area contributed by atoms with Gasteiger partial charge in [0.15, 0.2) is 0 Å². The number of para-hydroxylation sites is 3. The number of nitrogens with zero attached hydrogens (tertiary/aromatic N) is 2. The van der Waals surface area contributed by atoms with Gasteiger partial charge in [0.1, 0.15) is 17.2 Å². The molecule has 0 fully saturated rings. The second kappa shape index (κ2) is 9.18. The van der Waals surface area contributed by atoms with E-state index in [1.165, 1.54) is 27.6 Å². The van der Waals surface area contributed by atoms with Crippen LogP contribution in [0, 0.1) is 5.92 Å². The maximum Gasteiger partial charge on any atom is 0.145 e. The maximum atomic E-state index is 6.50. The lowest BCUT2D eigenvalue weighted by molar-refractivity contribution is 0.567. The van der Waals surface area contributed by atoms with Crippen molar-refractivity contribution in [1.82, 2.24) is 9.55 Å². The lowest BCUT2D eigenvalue weighted by Gasteiger charge is -2.14. The fourth-order valence-corrected chi connectivity index (χ4v) is 5.78. The van der Waals surface area contributed by atoms with Crippen molar-refractivity contribution in [3.8, 4) is 28.2 Å². The molecule has 0 amide bonds. The Kier molecular flexibility index (Phi) is 5.51. The molecule has 0 bridgehead atoms. The van der Waals surface area contributed by atoms with Crippen molar-refractivity contribution >= 4 is 28.1 Å². The molecule has 1 aliphatic rings. The Morgan fingerprint density at radius 3 is 2.42 bits per heavy atom. The van der Waals surface area contributed by atoms with E-state index in [1.807, 2.05) is 12.1 Å². The Hall–Kier alpha value is -4.37. The van der Waals surface area contributed by atoms with Crippen molar-refractivity contribution in [3.05, 3.63) is 114 Å². The van der Waals surface area contributed by atoms with Crippen LogP contribution in [0.1, 0.15) is 37.2 Å². The summed E-state index contributed by atoms with van der Waals surface area (Å²) in [7, 11) is 0. The van der Waals surface area contributed by atoms with Crippen molar-refractivity contribution in [2.45, 2.75) is 33.1 Å². The number of benzene rings is 4. The maximum absolute atomic E-state index is 6.50. The van der Waals surface area contributed by atoms with Gasteiger partial charge in [0.05, 0.1) is 11.0 Å². The average molecular weight is 495 g/mol. The fraction of sp³-hybridized carbons (Fsp3) is 0.171. The van der Waals surface area contributed by atoms with Crippen molar-refractivity contribution in [3.63, 3.8) is 0 Å². The Labute approximate surface area is 223 Å². The number of aromatic nitrogens is 2. The van der Waals surface area contributed by atoms with E-state index in [0.29, 0.717) is 5.92 Å². The predicted octanol–water partition coefficient (Wildman–Crippen LogP) is 9.26. The zero-order valence-corrected chi connectivity index (χ0v) is 21.8. The number of imidazole rings is 1. The zero-order valence-electron chi connectivity index (χ0n) is 21.8. The SMILES string of the molecule is CCc1cc(-c2ccc(-c3nc4ccccc4n3-c3ccccc3)cc2)c2oc3c(c2c1)CC(CC)C=C3. The highest BCUT2D eigenvalue weighted by molar-refractivity contribution is 5.97. The Morgan fingerprint density at radius 2 is 1.63 bits per heavy atom. The number of fused-ring (bicyclic) bond motifs is 4. The minimum Gasteiger partial charge on any atom is -0.456 e. The van der Waals surface area contributed by atoms with E-state index < -0.39 is 0 Å². The summed E-state index contributed by atoms with van der Waals surface area (Å²) in [6.07, 6.45) is 7.68. The summed E-state index contributed by atoms with van der Waals surface area (Å²) in [5.41, 5.74) is 10.3. The third-order valence-electron chi connectivity index (χ3n) is 7.93. The van der Waals surface area contributed by atoms with Gasteiger partial charge in [0, 0.05) is 27.8 Å². The minimum absolute atomic E-state index is 0.584. The predicted molar refractivity (Wildman–Crippen MR) is 158 cm³/mol. The Morgan fingerprint density at radius 1 is 0.868 bits per heavy atom. The highest BCUT2D eigenvalue weighted by atomic mass is 16.3. The van der Waals surface area contributed by atoms with E-state index in [9.17, 15) is 0 Å². The van der Waals surface area contributed by atoms with Gasteiger partial charge >= 0.3 is 0 Å². The van der Waals surface area contributed by atoms with Crippen LogP contribution in [-0.2, 0) is 12.8 Å². The zero-order chi connectivity index (χ0) is 25.6. The first kappa shape index (κ1) is 22.8. The molecule has 0 saturated heterocycles. The third kappa shape index (κ3) is 3.69. The van der Waals surface area contributed by atoms with Crippen molar-refractivity contribution in [2.24, 2.45) is 5.92 Å². The van der Waals surface area contributed by atoms with E-state index in [4.69, 9.17) is 9.40 Å². The van der Waals surface area contributed by atoms with E-state index in [2.05, 4.69) is 109 Å². The molecule has 4 aromatic carbocycles. The first-order valence-corrected chi connectivity index (χ1v) is 13.6. The number of hydrogen-bond acceptors (Lipinski definition) is 2. The van der Waals surface area contributed by atoms with Gasteiger partial charge in [0.25, 0.3) is 0 Å². The van der Waals surface area contributed by atoms with Gasteiger partial charge in [-0.05, 0) is 78.8 Å². The van der Waals surface area contributed by atoms with E-state index in [1.54, 1.807) is 0 Å². The van der Waals surface area contributed by atoms with Gasteiger partial charge in [-0.3, -0.25) is 4.57 Å². The largest absolute Gasteiger partial charge is 0.456 e. The summed E-state index contributed by atoms with van der Waals surface area (Å²) < 4.78 is 8.74. The van der Waals surface area contributed by atoms with Crippen LogP contribution in [0.5, 0.6) is 0 Å². The average Bonchev–Trinajstić information content (AvgIpc) is 3.55. The van der Waals surface area contributed by atoms with Crippen molar-refractivity contribution < 1.29 is 4.42 Å². The van der Waals surface area contributed by atoms with Crippen LogP contribution in [0.3, 0.4) is 0 Å². The monoisotopic (exact) mass is 494 g/mol. The summed E-state index contributed by atoms with van der Waals surface area (Å²) in [5.74, 6) is 2.55. The molecular weight excluding hydrogens is 464 g/mol. The molecule has 186 valence electrons. The third-order valence-corrected chi connectivity index (χ3v) is 7.93. The quantitative estimate of drug-likeness (QED) is 0.239. The molecule has 38 heavy (non-hydrogen) atoms. The number of rotatable bonds is 5. The summed E-state index contributed by atoms with van der Waals surface area (Å²) in [6, 6.07) is 32.2. The summed E-state index contributed by atoms with van der Waals surface area (Å²) >= 11 is 0. The molecule has 0 radical (unpaired) electrons. The van der Waals surface area contributed by atoms with Gasteiger partial charge in [0.2, 0.25) is 0 Å². The van der Waals surface area contributed by atoms with Crippen LogP contribution in [-0.4, -0.2) is 9.55 Å². The molecule has 1 atom stereocenters. The van der Waals surface area contributed by atoms with Crippen LogP contribution < -0.4 is 0 Å². The van der Waals surface area contributed by atoms with Gasteiger partial charge in [-0.2, -0.15) is 0 Å². The highest BCUT2D eigenvalue weighted by Gasteiger charge is 2.22. The van der Waals surface area contributed by atoms with Crippen LogP contribution in [0.15, 0.2) is 101 Å². The van der Waals surface area contributed by atoms with E-state index >= 15 is 0 Å². The van der Waals surface area contributed by atoms with E-state index in [-0.39, 0.29) is 0 Å². The molecule has 0 aliphatic heterocycles. The summed E-state index contributed by atoms with van der Waals surface area (Å²) in [4.78, 5) is 5.04. The molecule has 2 aromatic heterocycles. The van der Waals surface area contributed by atoms with Gasteiger partial charge in [-0.25, -0.2) is 4.98 Å². The Balaban J connectivity index is 1.36. The number of hydrogen-bond donors (Lipinski definition) is 0. The van der Waals surface area contributed by atoms with Gasteiger partial charge in [-0.15, -0.1) is 0 Å². The molecule has 0 spiro atoms. The lowest BCUT2D eigenvalue weighted by Crippen LogP contribution is -2.04. The van der Waals surface area contributed by atoms with Crippen molar-refractivity contribution in [1.29, 1.82) is 0 Å². The molecule has 3 nitrogen and oxygen atoms in total. The number of aryl methyl sites for hydroxylation is 1. The smallest absolute Gasteiger partial charge is 0.145 e. The van der Waals surface area contributed by atoms with Gasteiger partial charge < -0.3 is 4.42 Å². The van der Waals surface area contributed by atoms with Crippen LogP contribution in [0.25, 0.3) is 56.3 Å². The fourth-order valence-electron chi connectivity index (χ4n) is 5.78. The highest BCUT2D eigenvalue weighted by Crippen LogP contribution is 2.40. The second-order valence-corrected chi connectivity index (χ2v) is 10.2.